The van der Waals surface area contributed by atoms with Crippen molar-refractivity contribution < 1.29 is 14.3 Å². The molecule has 3 rings (SSSR count). The van der Waals surface area contributed by atoms with Gasteiger partial charge in [0.2, 0.25) is 0 Å². The first-order valence-electron chi connectivity index (χ1n) is 8.14. The number of carbonyl (C=O) groups excluding carboxylic acids is 2. The Kier molecular flexibility index (Phi) is 5.23. The first-order chi connectivity index (χ1) is 13.5. The van der Waals surface area contributed by atoms with Gasteiger partial charge in [0.25, 0.3) is 5.91 Å². The molecule has 0 saturated carbocycles. The van der Waals surface area contributed by atoms with Crippen molar-refractivity contribution in [3.63, 3.8) is 0 Å². The number of nitrogens with two attached hydrogens (primary N) is 2. The van der Waals surface area contributed by atoms with Gasteiger partial charge in [-0.3, -0.25) is 4.79 Å². The second kappa shape index (κ2) is 7.92. The summed E-state index contributed by atoms with van der Waals surface area (Å²) in [5, 5.41) is 15.0. The van der Waals surface area contributed by atoms with Crippen LogP contribution >= 0.6 is 0 Å². The molecule has 0 aliphatic rings. The van der Waals surface area contributed by atoms with E-state index in [-0.39, 0.29) is 18.0 Å². The van der Waals surface area contributed by atoms with Crippen LogP contribution < -0.4 is 21.5 Å². The number of aromatic nitrogens is 2. The fraction of sp³-hybridized carbons (Fsp3) is 0.0526. The summed E-state index contributed by atoms with van der Waals surface area (Å²) in [7, 11) is 0. The van der Waals surface area contributed by atoms with Crippen molar-refractivity contribution in [2.24, 2.45) is 11.5 Å². The number of nitrogens with one attached hydrogen (secondary N) is 1. The average molecular weight is 376 g/mol. The molecule has 0 spiro atoms. The topological polar surface area (TPSA) is 149 Å². The number of hydrogen-bond acceptors (Lipinski definition) is 5. The van der Waals surface area contributed by atoms with Crippen LogP contribution in [0, 0.1) is 11.3 Å². The molecule has 0 saturated heterocycles. The molecule has 140 valence electrons. The monoisotopic (exact) mass is 376 g/mol. The quantitative estimate of drug-likeness (QED) is 0.602. The molecule has 0 radical (unpaired) electrons. The Bertz CT molecular complexity index is 1070. The van der Waals surface area contributed by atoms with Gasteiger partial charge in [0, 0.05) is 0 Å². The smallest absolute Gasteiger partial charge is 0.316 e. The molecule has 1 aromatic heterocycles. The summed E-state index contributed by atoms with van der Waals surface area (Å²) in [5.74, 6) is -0.187. The summed E-state index contributed by atoms with van der Waals surface area (Å²) in [6.45, 7) is -0.0159. The molecule has 2 aromatic carbocycles. The van der Waals surface area contributed by atoms with Gasteiger partial charge in [-0.2, -0.15) is 10.4 Å². The molecule has 5 N–H and O–H groups in total. The van der Waals surface area contributed by atoms with E-state index in [1.807, 2.05) is 36.4 Å². The van der Waals surface area contributed by atoms with E-state index in [1.165, 1.54) is 10.9 Å². The van der Waals surface area contributed by atoms with Gasteiger partial charge < -0.3 is 21.5 Å². The Hall–Kier alpha value is -4.32. The van der Waals surface area contributed by atoms with Crippen LogP contribution in [-0.2, 0) is 0 Å². The lowest BCUT2D eigenvalue weighted by Gasteiger charge is -2.07. The van der Waals surface area contributed by atoms with Crippen LogP contribution in [0.15, 0.2) is 54.7 Å². The lowest BCUT2D eigenvalue weighted by Crippen LogP contribution is -2.22. The van der Waals surface area contributed by atoms with E-state index in [2.05, 4.69) is 10.4 Å². The van der Waals surface area contributed by atoms with Crippen molar-refractivity contribution in [3.8, 4) is 28.6 Å². The van der Waals surface area contributed by atoms with Gasteiger partial charge in [-0.05, 0) is 35.4 Å². The van der Waals surface area contributed by atoms with Crippen molar-refractivity contribution in [2.75, 3.05) is 11.9 Å². The van der Waals surface area contributed by atoms with Crippen LogP contribution in [0.1, 0.15) is 10.5 Å². The number of rotatable bonds is 6. The van der Waals surface area contributed by atoms with E-state index in [4.69, 9.17) is 21.5 Å². The van der Waals surface area contributed by atoms with Gasteiger partial charge in [-0.25, -0.2) is 9.48 Å². The predicted molar refractivity (Wildman–Crippen MR) is 102 cm³/mol. The highest BCUT2D eigenvalue weighted by molar-refractivity contribution is 6.00. The van der Waals surface area contributed by atoms with E-state index in [0.29, 0.717) is 11.4 Å². The van der Waals surface area contributed by atoms with E-state index >= 15 is 0 Å². The summed E-state index contributed by atoms with van der Waals surface area (Å²) in [6, 6.07) is 15.8. The largest absolute Gasteiger partial charge is 0.479 e. The van der Waals surface area contributed by atoms with Gasteiger partial charge in [-0.1, -0.05) is 24.3 Å². The maximum absolute atomic E-state index is 11.6. The lowest BCUT2D eigenvalue weighted by molar-refractivity contribution is 0.0996. The molecule has 9 heteroatoms. The Labute approximate surface area is 160 Å². The van der Waals surface area contributed by atoms with Crippen molar-refractivity contribution in [3.05, 3.63) is 60.4 Å². The molecule has 0 aliphatic heterocycles. The molecule has 9 nitrogen and oxygen atoms in total. The number of nitrogens with zero attached hydrogens (tertiary/aromatic N) is 3. The Morgan fingerprint density at radius 2 is 1.89 bits per heavy atom. The van der Waals surface area contributed by atoms with Gasteiger partial charge >= 0.3 is 6.03 Å². The average Bonchev–Trinajstić information content (AvgIpc) is 3.10. The minimum Gasteiger partial charge on any atom is -0.479 e. The Balaban J connectivity index is 1.92. The highest BCUT2D eigenvalue weighted by atomic mass is 16.5. The fourth-order valence-electron chi connectivity index (χ4n) is 2.60. The van der Waals surface area contributed by atoms with Crippen LogP contribution in [0.2, 0.25) is 0 Å². The Morgan fingerprint density at radius 3 is 2.54 bits per heavy atom. The molecule has 0 fully saturated rings. The van der Waals surface area contributed by atoms with Crippen LogP contribution in [0.3, 0.4) is 0 Å². The highest BCUT2D eigenvalue weighted by Gasteiger charge is 2.16. The SMILES string of the molecule is N#CCOc1ccc(-c2cccc(-n3cc(NC(N)=O)c(C(N)=O)n3)c2)cc1. The van der Waals surface area contributed by atoms with Gasteiger partial charge in [0.1, 0.15) is 11.8 Å². The third kappa shape index (κ3) is 4.08. The predicted octanol–water partition coefficient (Wildman–Crippen LogP) is 2.03. The molecule has 0 aliphatic carbocycles. The number of primary amides is 2. The van der Waals surface area contributed by atoms with Crippen molar-refractivity contribution in [1.82, 2.24) is 9.78 Å². The van der Waals surface area contributed by atoms with E-state index in [0.717, 1.165) is 11.1 Å². The number of carbonyl (C=O) groups is 2. The first kappa shape index (κ1) is 18.5. The number of nitriles is 1. The highest BCUT2D eigenvalue weighted by Crippen LogP contribution is 2.25. The number of urea groups is 1. The van der Waals surface area contributed by atoms with Crippen LogP contribution in [-0.4, -0.2) is 28.3 Å². The summed E-state index contributed by atoms with van der Waals surface area (Å²) in [6.07, 6.45) is 1.46. The fourth-order valence-corrected chi connectivity index (χ4v) is 2.60. The zero-order chi connectivity index (χ0) is 20.1. The minimum absolute atomic E-state index is 0.0159. The standard InChI is InChI=1S/C19H16N6O3/c20-8-9-28-15-6-4-12(5-7-15)13-2-1-3-14(10-13)25-11-16(23-19(22)27)17(24-25)18(21)26/h1-7,10-11H,9H2,(H2,21,26)(H3,22,23,27). The van der Waals surface area contributed by atoms with Crippen molar-refractivity contribution >= 4 is 17.6 Å². The van der Waals surface area contributed by atoms with Crippen molar-refractivity contribution in [2.45, 2.75) is 0 Å². The molecule has 3 amide bonds. The van der Waals surface area contributed by atoms with Crippen LogP contribution in [0.25, 0.3) is 16.8 Å². The maximum atomic E-state index is 11.6. The molecule has 3 aromatic rings. The van der Waals surface area contributed by atoms with Gasteiger partial charge in [0.05, 0.1) is 17.6 Å². The molecule has 0 atom stereocenters. The summed E-state index contributed by atoms with van der Waals surface area (Å²) < 4.78 is 6.68. The summed E-state index contributed by atoms with van der Waals surface area (Å²) >= 11 is 0. The lowest BCUT2D eigenvalue weighted by atomic mass is 10.1. The third-order valence-electron chi connectivity index (χ3n) is 3.81. The maximum Gasteiger partial charge on any atom is 0.316 e. The summed E-state index contributed by atoms with van der Waals surface area (Å²) in [5.41, 5.74) is 12.9. The zero-order valence-electron chi connectivity index (χ0n) is 14.6. The molecular weight excluding hydrogens is 360 g/mol. The van der Waals surface area contributed by atoms with E-state index in [1.54, 1.807) is 18.2 Å². The van der Waals surface area contributed by atoms with E-state index in [9.17, 15) is 9.59 Å². The zero-order valence-corrected chi connectivity index (χ0v) is 14.6. The first-order valence-corrected chi connectivity index (χ1v) is 8.14. The molecule has 1 heterocycles. The number of hydrogen-bond donors (Lipinski definition) is 3. The van der Waals surface area contributed by atoms with Crippen molar-refractivity contribution in [1.29, 1.82) is 5.26 Å². The number of ether oxygens (including phenoxy) is 1. The van der Waals surface area contributed by atoms with Crippen LogP contribution in [0.4, 0.5) is 10.5 Å². The molecule has 0 bridgehead atoms. The molecule has 0 unspecified atom stereocenters. The number of amides is 3. The second-order valence-electron chi connectivity index (χ2n) is 5.71. The minimum atomic E-state index is -0.825. The normalized spacial score (nSPS) is 10.1. The number of anilines is 1. The molecular formula is C19H16N6O3. The Morgan fingerprint density at radius 1 is 1.14 bits per heavy atom. The van der Waals surface area contributed by atoms with Crippen LogP contribution in [0.5, 0.6) is 5.75 Å². The number of benzene rings is 2. The van der Waals surface area contributed by atoms with Gasteiger partial charge in [0.15, 0.2) is 12.3 Å². The summed E-state index contributed by atoms with van der Waals surface area (Å²) in [4.78, 5) is 22.7. The van der Waals surface area contributed by atoms with Gasteiger partial charge in [-0.15, -0.1) is 0 Å². The second-order valence-corrected chi connectivity index (χ2v) is 5.71. The van der Waals surface area contributed by atoms with E-state index < -0.39 is 11.9 Å². The molecule has 28 heavy (non-hydrogen) atoms. The third-order valence-corrected chi connectivity index (χ3v) is 3.81.